The van der Waals surface area contributed by atoms with Crippen molar-refractivity contribution in [3.8, 4) is 11.4 Å². The van der Waals surface area contributed by atoms with Crippen LogP contribution in [0.1, 0.15) is 32.6 Å². The number of benzene rings is 1. The van der Waals surface area contributed by atoms with Crippen LogP contribution in [-0.4, -0.2) is 36.9 Å². The normalized spacial score (nSPS) is 21.2. The van der Waals surface area contributed by atoms with E-state index in [0.717, 1.165) is 31.2 Å². The number of nitrogens with zero attached hydrogens (tertiary/aromatic N) is 2. The van der Waals surface area contributed by atoms with Crippen LogP contribution in [-0.2, 0) is 10.0 Å². The van der Waals surface area contributed by atoms with Crippen molar-refractivity contribution < 1.29 is 12.9 Å². The zero-order chi connectivity index (χ0) is 17.7. The van der Waals surface area contributed by atoms with Crippen molar-refractivity contribution in [2.24, 2.45) is 5.92 Å². The molecule has 0 saturated heterocycles. The second-order valence-corrected chi connectivity index (χ2v) is 8.50. The Morgan fingerprint density at radius 3 is 2.56 bits per heavy atom. The quantitative estimate of drug-likeness (QED) is 0.784. The largest absolute Gasteiger partial charge is 0.335 e. The van der Waals surface area contributed by atoms with Crippen LogP contribution in [0.2, 0.25) is 0 Å². The molecule has 25 heavy (non-hydrogen) atoms. The van der Waals surface area contributed by atoms with Crippen molar-refractivity contribution in [2.45, 2.75) is 38.6 Å². The molecule has 1 fully saturated rings. The maximum absolute atomic E-state index is 11.5. The van der Waals surface area contributed by atoms with Gasteiger partial charge in [0, 0.05) is 18.2 Å². The Bertz CT molecular complexity index is 768. The topological polar surface area (TPSA) is 97.1 Å². The Morgan fingerprint density at radius 1 is 1.16 bits per heavy atom. The summed E-state index contributed by atoms with van der Waals surface area (Å²) < 4.78 is 31.0. The molecule has 0 spiro atoms. The minimum atomic E-state index is -3.10. The lowest BCUT2D eigenvalue weighted by Gasteiger charge is -2.28. The Morgan fingerprint density at radius 2 is 1.88 bits per heavy atom. The molecule has 1 aromatic heterocycles. The zero-order valence-electron chi connectivity index (χ0n) is 14.3. The van der Waals surface area contributed by atoms with Gasteiger partial charge in [-0.05, 0) is 38.5 Å². The fourth-order valence-electron chi connectivity index (χ4n) is 3.02. The number of nitrogens with one attached hydrogen (secondary N) is 2. The average Bonchev–Trinajstić information content (AvgIpc) is 3.10. The number of rotatable bonds is 7. The van der Waals surface area contributed by atoms with E-state index < -0.39 is 10.0 Å². The van der Waals surface area contributed by atoms with Gasteiger partial charge >= 0.3 is 6.01 Å². The lowest BCUT2D eigenvalue weighted by atomic mass is 9.86. The van der Waals surface area contributed by atoms with E-state index in [1.54, 1.807) is 6.92 Å². The van der Waals surface area contributed by atoms with Crippen LogP contribution in [0.15, 0.2) is 34.9 Å². The van der Waals surface area contributed by atoms with Gasteiger partial charge in [0.25, 0.3) is 0 Å². The van der Waals surface area contributed by atoms with Gasteiger partial charge in [-0.15, -0.1) is 0 Å². The molecule has 0 amide bonds. The smallest absolute Gasteiger partial charge is 0.322 e. The summed E-state index contributed by atoms with van der Waals surface area (Å²) in [5.74, 6) is 1.10. The predicted octanol–water partition coefficient (Wildman–Crippen LogP) is 2.65. The fraction of sp³-hybridized carbons (Fsp3) is 0.529. The summed E-state index contributed by atoms with van der Waals surface area (Å²) in [5, 5.41) is 7.30. The van der Waals surface area contributed by atoms with Gasteiger partial charge in [-0.3, -0.25) is 0 Å². The summed E-state index contributed by atoms with van der Waals surface area (Å²) >= 11 is 0. The van der Waals surface area contributed by atoms with Crippen LogP contribution < -0.4 is 10.0 Å². The van der Waals surface area contributed by atoms with Crippen molar-refractivity contribution in [1.29, 1.82) is 0 Å². The highest BCUT2D eigenvalue weighted by Crippen LogP contribution is 2.26. The molecule has 1 heterocycles. The number of hydrogen-bond donors (Lipinski definition) is 2. The van der Waals surface area contributed by atoms with Crippen molar-refractivity contribution in [1.82, 2.24) is 14.9 Å². The standard InChI is InChI=1S/C17H24N4O3S/c1-2-25(22,23)18-12-13-8-10-15(11-9-13)19-17-20-16(21-24-17)14-6-4-3-5-7-14/h3-7,13,15,18H,2,8-12H2,1H3,(H,19,20,21)/t13-,15-. The first-order valence-electron chi connectivity index (χ1n) is 8.68. The van der Waals surface area contributed by atoms with Gasteiger partial charge in [-0.1, -0.05) is 35.5 Å². The van der Waals surface area contributed by atoms with E-state index in [2.05, 4.69) is 20.2 Å². The molecule has 1 aliphatic carbocycles. The average molecular weight is 364 g/mol. The van der Waals surface area contributed by atoms with E-state index in [4.69, 9.17) is 4.52 Å². The van der Waals surface area contributed by atoms with E-state index in [-0.39, 0.29) is 11.8 Å². The van der Waals surface area contributed by atoms with Crippen molar-refractivity contribution >= 4 is 16.0 Å². The first-order valence-corrected chi connectivity index (χ1v) is 10.3. The molecule has 0 atom stereocenters. The maximum Gasteiger partial charge on any atom is 0.322 e. The number of anilines is 1. The Kier molecular flexibility index (Phi) is 5.70. The van der Waals surface area contributed by atoms with Crippen LogP contribution in [0.4, 0.5) is 6.01 Å². The molecule has 1 saturated carbocycles. The van der Waals surface area contributed by atoms with Gasteiger partial charge in [0.15, 0.2) is 0 Å². The van der Waals surface area contributed by atoms with Crippen LogP contribution in [0.25, 0.3) is 11.4 Å². The highest BCUT2D eigenvalue weighted by Gasteiger charge is 2.23. The minimum absolute atomic E-state index is 0.130. The van der Waals surface area contributed by atoms with Crippen LogP contribution in [0, 0.1) is 5.92 Å². The summed E-state index contributed by atoms with van der Waals surface area (Å²) in [5.41, 5.74) is 0.922. The molecule has 2 aromatic rings. The van der Waals surface area contributed by atoms with Gasteiger partial charge in [0.2, 0.25) is 15.8 Å². The number of sulfonamides is 1. The van der Waals surface area contributed by atoms with E-state index in [1.165, 1.54) is 0 Å². The van der Waals surface area contributed by atoms with Gasteiger partial charge in [-0.25, -0.2) is 13.1 Å². The molecule has 136 valence electrons. The fourth-order valence-corrected chi connectivity index (χ4v) is 3.71. The molecule has 1 aromatic carbocycles. The predicted molar refractivity (Wildman–Crippen MR) is 96.6 cm³/mol. The molecule has 0 radical (unpaired) electrons. The van der Waals surface area contributed by atoms with Gasteiger partial charge in [-0.2, -0.15) is 4.98 Å². The molecule has 0 aliphatic heterocycles. The van der Waals surface area contributed by atoms with Gasteiger partial charge in [0.1, 0.15) is 0 Å². The molecule has 0 unspecified atom stereocenters. The molecule has 3 rings (SSSR count). The Balaban J connectivity index is 1.47. The highest BCUT2D eigenvalue weighted by molar-refractivity contribution is 7.89. The summed E-state index contributed by atoms with van der Waals surface area (Å²) in [4.78, 5) is 4.39. The molecular weight excluding hydrogens is 340 g/mol. The first kappa shape index (κ1) is 17.9. The SMILES string of the molecule is CCS(=O)(=O)NC[C@H]1CC[C@H](Nc2nc(-c3ccccc3)no2)CC1. The zero-order valence-corrected chi connectivity index (χ0v) is 15.1. The molecule has 7 nitrogen and oxygen atoms in total. The Hall–Kier alpha value is -1.93. The lowest BCUT2D eigenvalue weighted by molar-refractivity contribution is 0.330. The molecule has 1 aliphatic rings. The van der Waals surface area contributed by atoms with Gasteiger partial charge in [0.05, 0.1) is 5.75 Å². The molecular formula is C17H24N4O3S. The number of hydrogen-bond acceptors (Lipinski definition) is 6. The lowest BCUT2D eigenvalue weighted by Crippen LogP contribution is -2.34. The van der Waals surface area contributed by atoms with Crippen molar-refractivity contribution in [3.63, 3.8) is 0 Å². The second-order valence-electron chi connectivity index (χ2n) is 6.40. The van der Waals surface area contributed by atoms with Gasteiger partial charge < -0.3 is 9.84 Å². The van der Waals surface area contributed by atoms with E-state index in [0.29, 0.717) is 24.3 Å². The van der Waals surface area contributed by atoms with Crippen molar-refractivity contribution in [2.75, 3.05) is 17.6 Å². The monoisotopic (exact) mass is 364 g/mol. The summed E-state index contributed by atoms with van der Waals surface area (Å²) in [6.45, 7) is 2.18. The second kappa shape index (κ2) is 7.97. The Labute approximate surface area is 148 Å². The minimum Gasteiger partial charge on any atom is -0.335 e. The third-order valence-electron chi connectivity index (χ3n) is 4.60. The molecule has 2 N–H and O–H groups in total. The van der Waals surface area contributed by atoms with Crippen LogP contribution in [0.3, 0.4) is 0 Å². The first-order chi connectivity index (χ1) is 12.1. The van der Waals surface area contributed by atoms with E-state index >= 15 is 0 Å². The van der Waals surface area contributed by atoms with Crippen molar-refractivity contribution in [3.05, 3.63) is 30.3 Å². The van der Waals surface area contributed by atoms with E-state index in [9.17, 15) is 8.42 Å². The summed E-state index contributed by atoms with van der Waals surface area (Å²) in [6, 6.07) is 10.4. The molecule has 8 heteroatoms. The highest BCUT2D eigenvalue weighted by atomic mass is 32.2. The van der Waals surface area contributed by atoms with Crippen LogP contribution >= 0.6 is 0 Å². The van der Waals surface area contributed by atoms with Crippen LogP contribution in [0.5, 0.6) is 0 Å². The maximum atomic E-state index is 11.5. The third kappa shape index (κ3) is 5.02. The third-order valence-corrected chi connectivity index (χ3v) is 5.97. The summed E-state index contributed by atoms with van der Waals surface area (Å²) in [6.07, 6.45) is 3.87. The summed E-state index contributed by atoms with van der Waals surface area (Å²) in [7, 11) is -3.10. The molecule has 0 bridgehead atoms. The van der Waals surface area contributed by atoms with E-state index in [1.807, 2.05) is 30.3 Å². The number of aromatic nitrogens is 2.